The lowest BCUT2D eigenvalue weighted by Gasteiger charge is -2.19. The van der Waals surface area contributed by atoms with Crippen molar-refractivity contribution in [3.8, 4) is 6.07 Å². The number of ether oxygens (including phenoxy) is 1. The molecular weight excluding hydrogens is 321 g/mol. The number of hydrogen-bond donors (Lipinski definition) is 1. The molecule has 2 rings (SSSR count). The quantitative estimate of drug-likeness (QED) is 0.679. The van der Waals surface area contributed by atoms with E-state index in [0.717, 1.165) is 0 Å². The van der Waals surface area contributed by atoms with Crippen LogP contribution in [0.25, 0.3) is 11.0 Å². The third-order valence-corrected chi connectivity index (χ3v) is 3.64. The highest BCUT2D eigenvalue weighted by Crippen LogP contribution is 2.30. The zero-order valence-corrected chi connectivity index (χ0v) is 13.8. The third kappa shape index (κ3) is 4.36. The number of halogens is 1. The first kappa shape index (κ1) is 17.1. The number of nitrogens with one attached hydrogen (secondary N) is 1. The van der Waals surface area contributed by atoms with Crippen LogP contribution >= 0.6 is 11.8 Å². The van der Waals surface area contributed by atoms with Crippen LogP contribution in [0, 0.1) is 17.1 Å². The maximum atomic E-state index is 13.7. The van der Waals surface area contributed by atoms with Gasteiger partial charge in [0, 0.05) is 12.3 Å². The van der Waals surface area contributed by atoms with Crippen LogP contribution in [0.4, 0.5) is 9.18 Å². The largest absolute Gasteiger partial charge is 0.444 e. The SMILES string of the molecule is CC(C)(C)OC(=O)NCCSc1noc2ccc(F)c(C#N)c12. The Morgan fingerprint density at radius 3 is 2.91 bits per heavy atom. The first-order chi connectivity index (χ1) is 10.8. The Balaban J connectivity index is 1.97. The Hall–Kier alpha value is -2.27. The molecule has 0 aliphatic heterocycles. The smallest absolute Gasteiger partial charge is 0.407 e. The number of benzene rings is 1. The average Bonchev–Trinajstić information content (AvgIpc) is 2.85. The van der Waals surface area contributed by atoms with Gasteiger partial charge in [0.1, 0.15) is 28.1 Å². The lowest BCUT2D eigenvalue weighted by atomic mass is 10.1. The molecule has 0 radical (unpaired) electrons. The fourth-order valence-corrected chi connectivity index (χ4v) is 2.64. The average molecular weight is 337 g/mol. The van der Waals surface area contributed by atoms with Crippen molar-refractivity contribution in [3.05, 3.63) is 23.5 Å². The zero-order valence-electron chi connectivity index (χ0n) is 13.0. The summed E-state index contributed by atoms with van der Waals surface area (Å²) in [6, 6.07) is 4.42. The molecule has 2 aromatic rings. The van der Waals surface area contributed by atoms with Gasteiger partial charge in [0.25, 0.3) is 0 Å². The summed E-state index contributed by atoms with van der Waals surface area (Å²) in [6.45, 7) is 5.67. The van der Waals surface area contributed by atoms with Crippen molar-refractivity contribution < 1.29 is 18.4 Å². The molecule has 8 heteroatoms. The van der Waals surface area contributed by atoms with Gasteiger partial charge in [0.2, 0.25) is 0 Å². The summed E-state index contributed by atoms with van der Waals surface area (Å²) < 4.78 is 23.9. The van der Waals surface area contributed by atoms with E-state index in [1.807, 2.05) is 6.07 Å². The lowest BCUT2D eigenvalue weighted by molar-refractivity contribution is 0.0531. The molecule has 0 aliphatic rings. The third-order valence-electron chi connectivity index (χ3n) is 2.68. The molecule has 23 heavy (non-hydrogen) atoms. The van der Waals surface area contributed by atoms with Crippen LogP contribution in [0.1, 0.15) is 26.3 Å². The number of alkyl carbamates (subject to hydrolysis) is 1. The maximum absolute atomic E-state index is 13.7. The van der Waals surface area contributed by atoms with Gasteiger partial charge in [-0.15, -0.1) is 11.8 Å². The van der Waals surface area contributed by atoms with E-state index in [1.54, 1.807) is 20.8 Å². The van der Waals surface area contributed by atoms with Crippen LogP contribution in [0.3, 0.4) is 0 Å². The summed E-state index contributed by atoms with van der Waals surface area (Å²) in [4.78, 5) is 11.5. The van der Waals surface area contributed by atoms with Gasteiger partial charge in [-0.05, 0) is 32.9 Å². The fraction of sp³-hybridized carbons (Fsp3) is 0.400. The summed E-state index contributed by atoms with van der Waals surface area (Å²) in [5.74, 6) is -0.139. The van der Waals surface area contributed by atoms with Crippen LogP contribution in [0.2, 0.25) is 0 Å². The number of nitriles is 1. The highest BCUT2D eigenvalue weighted by atomic mass is 32.2. The number of carbonyl (C=O) groups is 1. The molecule has 1 aromatic heterocycles. The molecule has 0 spiro atoms. The van der Waals surface area contributed by atoms with Gasteiger partial charge in [-0.25, -0.2) is 9.18 Å². The molecule has 0 saturated carbocycles. The molecule has 1 aromatic carbocycles. The molecule has 1 N–H and O–H groups in total. The van der Waals surface area contributed by atoms with Gasteiger partial charge in [0.05, 0.1) is 5.39 Å². The van der Waals surface area contributed by atoms with E-state index < -0.39 is 17.5 Å². The molecule has 122 valence electrons. The zero-order chi connectivity index (χ0) is 17.0. The van der Waals surface area contributed by atoms with E-state index in [0.29, 0.717) is 28.3 Å². The monoisotopic (exact) mass is 337 g/mol. The Kier molecular flexibility index (Phi) is 5.11. The van der Waals surface area contributed by atoms with Gasteiger partial charge in [-0.1, -0.05) is 5.16 Å². The normalized spacial score (nSPS) is 11.3. The Morgan fingerprint density at radius 2 is 2.26 bits per heavy atom. The molecule has 0 unspecified atom stereocenters. The summed E-state index contributed by atoms with van der Waals surface area (Å²) in [6.07, 6.45) is -0.508. The molecule has 1 heterocycles. The van der Waals surface area contributed by atoms with Gasteiger partial charge < -0.3 is 14.6 Å². The number of fused-ring (bicyclic) bond motifs is 1. The minimum absolute atomic E-state index is 0.0913. The second-order valence-electron chi connectivity index (χ2n) is 5.67. The van der Waals surface area contributed by atoms with Crippen molar-refractivity contribution in [2.75, 3.05) is 12.3 Å². The number of nitrogens with zero attached hydrogens (tertiary/aromatic N) is 2. The number of rotatable bonds is 4. The topological polar surface area (TPSA) is 88.2 Å². The number of thioether (sulfide) groups is 1. The van der Waals surface area contributed by atoms with Crippen molar-refractivity contribution in [2.24, 2.45) is 0 Å². The standard InChI is InChI=1S/C15H16FN3O3S/c1-15(2,3)21-14(20)18-6-7-23-13-12-9(8-17)10(16)4-5-11(12)22-19-13/h4-5H,6-7H2,1-3H3,(H,18,20). The number of carbonyl (C=O) groups excluding carboxylic acids is 1. The van der Waals surface area contributed by atoms with Crippen LogP contribution in [0.5, 0.6) is 0 Å². The van der Waals surface area contributed by atoms with E-state index >= 15 is 0 Å². The fourth-order valence-electron chi connectivity index (χ4n) is 1.81. The first-order valence-electron chi connectivity index (χ1n) is 6.89. The van der Waals surface area contributed by atoms with E-state index in [2.05, 4.69) is 10.5 Å². The predicted molar refractivity (Wildman–Crippen MR) is 83.6 cm³/mol. The van der Waals surface area contributed by atoms with E-state index in [9.17, 15) is 9.18 Å². The summed E-state index contributed by atoms with van der Waals surface area (Å²) in [7, 11) is 0. The van der Waals surface area contributed by atoms with Crippen molar-refractivity contribution in [3.63, 3.8) is 0 Å². The number of amides is 1. The summed E-state index contributed by atoms with van der Waals surface area (Å²) in [5, 5.41) is 16.3. The summed E-state index contributed by atoms with van der Waals surface area (Å²) >= 11 is 1.26. The van der Waals surface area contributed by atoms with Crippen molar-refractivity contribution >= 4 is 28.8 Å². The minimum atomic E-state index is -0.614. The second-order valence-corrected chi connectivity index (χ2v) is 6.76. The van der Waals surface area contributed by atoms with Crippen molar-refractivity contribution in [2.45, 2.75) is 31.4 Å². The minimum Gasteiger partial charge on any atom is -0.444 e. The Bertz CT molecular complexity index is 762. The van der Waals surface area contributed by atoms with Gasteiger partial charge in [-0.2, -0.15) is 5.26 Å². The Labute approximate surface area is 137 Å². The molecule has 0 aliphatic carbocycles. The van der Waals surface area contributed by atoms with Crippen LogP contribution < -0.4 is 5.32 Å². The van der Waals surface area contributed by atoms with Gasteiger partial charge in [0.15, 0.2) is 5.58 Å². The molecule has 0 atom stereocenters. The van der Waals surface area contributed by atoms with Gasteiger partial charge in [-0.3, -0.25) is 0 Å². The van der Waals surface area contributed by atoms with Crippen LogP contribution in [0.15, 0.2) is 21.7 Å². The van der Waals surface area contributed by atoms with Gasteiger partial charge >= 0.3 is 6.09 Å². The first-order valence-corrected chi connectivity index (χ1v) is 7.88. The molecular formula is C15H16FN3O3S. The second kappa shape index (κ2) is 6.87. The Morgan fingerprint density at radius 1 is 1.52 bits per heavy atom. The lowest BCUT2D eigenvalue weighted by Crippen LogP contribution is -2.33. The van der Waals surface area contributed by atoms with Crippen LogP contribution in [-0.4, -0.2) is 29.1 Å². The van der Waals surface area contributed by atoms with E-state index in [-0.39, 0.29) is 5.56 Å². The molecule has 0 fully saturated rings. The predicted octanol–water partition coefficient (Wildman–Crippen LogP) is 3.46. The molecule has 6 nitrogen and oxygen atoms in total. The van der Waals surface area contributed by atoms with Crippen LogP contribution in [-0.2, 0) is 4.74 Å². The molecule has 0 bridgehead atoms. The molecule has 0 saturated heterocycles. The summed E-state index contributed by atoms with van der Waals surface area (Å²) in [5.41, 5.74) is -0.296. The highest BCUT2D eigenvalue weighted by Gasteiger charge is 2.18. The number of aromatic nitrogens is 1. The number of hydrogen-bond acceptors (Lipinski definition) is 6. The molecule has 1 amide bonds. The van der Waals surface area contributed by atoms with E-state index in [1.165, 1.54) is 23.9 Å². The highest BCUT2D eigenvalue weighted by molar-refractivity contribution is 7.99. The van der Waals surface area contributed by atoms with Crippen molar-refractivity contribution in [1.82, 2.24) is 10.5 Å². The van der Waals surface area contributed by atoms with E-state index in [4.69, 9.17) is 14.5 Å². The maximum Gasteiger partial charge on any atom is 0.407 e. The van der Waals surface area contributed by atoms with Crippen molar-refractivity contribution in [1.29, 1.82) is 5.26 Å².